The lowest BCUT2D eigenvalue weighted by Gasteiger charge is -2.34. The number of methoxy groups -OCH3 is 2. The molecule has 11 nitrogen and oxygen atoms in total. The summed E-state index contributed by atoms with van der Waals surface area (Å²) in [6, 6.07) is 6.52. The highest BCUT2D eigenvalue weighted by atomic mass is 16.5. The van der Waals surface area contributed by atoms with Gasteiger partial charge in [-0.3, -0.25) is 14.7 Å². The normalized spacial score (nSPS) is 18.8. The number of ether oxygens (including phenoxy) is 4. The Morgan fingerprint density at radius 2 is 1.78 bits per heavy atom. The molecule has 0 aromatic heterocycles. The van der Waals surface area contributed by atoms with Gasteiger partial charge in [0.15, 0.2) is 35.1 Å². The van der Waals surface area contributed by atoms with Gasteiger partial charge in [-0.05, 0) is 56.5 Å². The molecule has 0 saturated carbocycles. The monoisotopic (exact) mass is 680 g/mol. The van der Waals surface area contributed by atoms with E-state index in [2.05, 4.69) is 36.8 Å². The quantitative estimate of drug-likeness (QED) is 0.106. The van der Waals surface area contributed by atoms with Crippen LogP contribution in [-0.4, -0.2) is 81.3 Å². The molecule has 2 aromatic carbocycles. The highest BCUT2D eigenvalue weighted by molar-refractivity contribution is 6.03. The molecule has 1 N–H and O–H groups in total. The standard InChI is InChI=1S/C38H45BN4O7/c1-7-11-26(9-3)22-41-14-13-40-30-20-35(33(46-5)18-28(30)24-41)48-15-10-16-49-36-21-31-29(19-34(36)47-6)37(44)42-23-27(12-8-2)17-32(42)38(45)43(31)25(4)50-39/h7-8,11-13,18-23,32,38,45H,4,9-10,14-17,24H2,1-3,5-6H3. The first-order chi connectivity index (χ1) is 24.3. The van der Waals surface area contributed by atoms with Crippen molar-refractivity contribution in [1.82, 2.24) is 9.80 Å². The fourth-order valence-electron chi connectivity index (χ4n) is 6.29. The Labute approximate surface area is 295 Å². The maximum absolute atomic E-state index is 13.8. The van der Waals surface area contributed by atoms with Crippen molar-refractivity contribution in [1.29, 1.82) is 0 Å². The fraction of sp³-hybridized carbons (Fsp3) is 0.368. The van der Waals surface area contributed by atoms with Crippen molar-refractivity contribution < 1.29 is 33.5 Å². The van der Waals surface area contributed by atoms with Gasteiger partial charge in [0.25, 0.3) is 5.91 Å². The molecule has 262 valence electrons. The molecule has 2 unspecified atom stereocenters. The number of hydrogen-bond acceptors (Lipinski definition) is 10. The van der Waals surface area contributed by atoms with Crippen molar-refractivity contribution in [2.45, 2.75) is 58.8 Å². The van der Waals surface area contributed by atoms with E-state index in [0.29, 0.717) is 61.2 Å². The molecule has 12 heteroatoms. The number of nitrogens with zero attached hydrogens (tertiary/aromatic N) is 4. The van der Waals surface area contributed by atoms with Gasteiger partial charge in [-0.2, -0.15) is 0 Å². The Hall–Kier alpha value is -5.10. The molecular formula is C38H45BN4O7. The third-order valence-electron chi connectivity index (χ3n) is 8.73. The van der Waals surface area contributed by atoms with Gasteiger partial charge < -0.3 is 38.5 Å². The zero-order chi connectivity index (χ0) is 35.8. The van der Waals surface area contributed by atoms with E-state index < -0.39 is 12.3 Å². The van der Waals surface area contributed by atoms with Gasteiger partial charge in [-0.1, -0.05) is 31.2 Å². The van der Waals surface area contributed by atoms with Crippen molar-refractivity contribution in [3.8, 4) is 23.0 Å². The van der Waals surface area contributed by atoms with Crippen LogP contribution in [0.15, 0.2) is 89.6 Å². The molecule has 0 spiro atoms. The number of rotatable bonds is 14. The molecule has 2 atom stereocenters. The van der Waals surface area contributed by atoms with E-state index in [4.69, 9.17) is 36.6 Å². The Bertz CT molecular complexity index is 1730. The highest BCUT2D eigenvalue weighted by Gasteiger charge is 2.43. The van der Waals surface area contributed by atoms with Crippen LogP contribution in [0.4, 0.5) is 11.4 Å². The van der Waals surface area contributed by atoms with Gasteiger partial charge >= 0.3 is 8.05 Å². The summed E-state index contributed by atoms with van der Waals surface area (Å²) in [5.41, 5.74) is 4.64. The average molecular weight is 681 g/mol. The SMILES string of the molecule is [B]OC(=C)N1c2cc(OCCCOc3cc4c(cc3OC)CN(C=C(C=CC)CC)CC=N4)c(OC)cc2C(=O)N2C=C(C=CC)CC2C1O. The molecule has 5 rings (SSSR count). The number of fused-ring (bicyclic) bond motifs is 3. The minimum atomic E-state index is -1.20. The van der Waals surface area contributed by atoms with Crippen LogP contribution in [0.1, 0.15) is 56.0 Å². The summed E-state index contributed by atoms with van der Waals surface area (Å²) in [5.74, 6) is 1.60. The third-order valence-corrected chi connectivity index (χ3v) is 8.73. The van der Waals surface area contributed by atoms with Crippen molar-refractivity contribution >= 4 is 31.5 Å². The second kappa shape index (κ2) is 16.5. The summed E-state index contributed by atoms with van der Waals surface area (Å²) < 4.78 is 28.6. The van der Waals surface area contributed by atoms with Crippen LogP contribution in [-0.2, 0) is 11.2 Å². The number of carbonyl (C=O) groups excluding carboxylic acids is 1. The third kappa shape index (κ3) is 7.70. The van der Waals surface area contributed by atoms with E-state index >= 15 is 0 Å². The molecule has 0 fully saturated rings. The number of aliphatic hydroxyl groups excluding tert-OH is 1. The predicted octanol–water partition coefficient (Wildman–Crippen LogP) is 6.32. The summed E-state index contributed by atoms with van der Waals surface area (Å²) in [6.07, 6.45) is 14.5. The number of benzene rings is 2. The molecule has 0 aliphatic carbocycles. The molecule has 50 heavy (non-hydrogen) atoms. The molecular weight excluding hydrogens is 635 g/mol. The lowest BCUT2D eigenvalue weighted by molar-refractivity contribution is 0.0574. The second-order valence-corrected chi connectivity index (χ2v) is 12.0. The molecule has 3 aliphatic rings. The predicted molar refractivity (Wildman–Crippen MR) is 195 cm³/mol. The Morgan fingerprint density at radius 1 is 1.06 bits per heavy atom. The molecule has 1 amide bonds. The van der Waals surface area contributed by atoms with Crippen molar-refractivity contribution in [3.63, 3.8) is 0 Å². The van der Waals surface area contributed by atoms with Gasteiger partial charge in [-0.15, -0.1) is 0 Å². The van der Waals surface area contributed by atoms with Crippen LogP contribution in [0.25, 0.3) is 0 Å². The Kier molecular flexibility index (Phi) is 12.0. The molecule has 0 bridgehead atoms. The average Bonchev–Trinajstić information content (AvgIpc) is 3.41. The Morgan fingerprint density at radius 3 is 2.44 bits per heavy atom. The van der Waals surface area contributed by atoms with Crippen LogP contribution in [0.2, 0.25) is 0 Å². The second-order valence-electron chi connectivity index (χ2n) is 12.0. The molecule has 2 aromatic rings. The molecule has 2 radical (unpaired) electrons. The van der Waals surface area contributed by atoms with Crippen LogP contribution in [0, 0.1) is 0 Å². The Balaban J connectivity index is 1.29. The van der Waals surface area contributed by atoms with Crippen LogP contribution >= 0.6 is 0 Å². The first-order valence-corrected chi connectivity index (χ1v) is 16.7. The van der Waals surface area contributed by atoms with E-state index in [1.165, 1.54) is 22.5 Å². The highest BCUT2D eigenvalue weighted by Crippen LogP contribution is 2.43. The lowest BCUT2D eigenvalue weighted by atomic mass is 10.1. The summed E-state index contributed by atoms with van der Waals surface area (Å²) >= 11 is 0. The number of anilines is 1. The number of aliphatic imine (C=N–C) groups is 1. The first-order valence-electron chi connectivity index (χ1n) is 16.7. The minimum absolute atomic E-state index is 0.0278. The van der Waals surface area contributed by atoms with Gasteiger partial charge in [0.05, 0.1) is 57.0 Å². The maximum Gasteiger partial charge on any atom is 0.376 e. The number of carbonyl (C=O) groups is 1. The number of hydrogen-bond donors (Lipinski definition) is 1. The maximum atomic E-state index is 13.8. The van der Waals surface area contributed by atoms with Crippen LogP contribution in [0.3, 0.4) is 0 Å². The summed E-state index contributed by atoms with van der Waals surface area (Å²) in [7, 11) is 8.64. The van der Waals surface area contributed by atoms with E-state index in [0.717, 1.165) is 23.2 Å². The zero-order valence-corrected chi connectivity index (χ0v) is 29.4. The largest absolute Gasteiger partial charge is 0.556 e. The zero-order valence-electron chi connectivity index (χ0n) is 29.4. The van der Waals surface area contributed by atoms with Gasteiger partial charge in [0.1, 0.15) is 0 Å². The van der Waals surface area contributed by atoms with Gasteiger partial charge in [0.2, 0.25) is 0 Å². The van der Waals surface area contributed by atoms with Crippen molar-refractivity contribution in [2.24, 2.45) is 4.99 Å². The summed E-state index contributed by atoms with van der Waals surface area (Å²) in [4.78, 5) is 23.7. The number of amides is 1. The van der Waals surface area contributed by atoms with E-state index in [9.17, 15) is 9.90 Å². The first kappa shape index (κ1) is 36.2. The van der Waals surface area contributed by atoms with E-state index in [1.54, 1.807) is 25.4 Å². The van der Waals surface area contributed by atoms with E-state index in [-0.39, 0.29) is 24.0 Å². The van der Waals surface area contributed by atoms with Crippen LogP contribution in [0.5, 0.6) is 23.0 Å². The smallest absolute Gasteiger partial charge is 0.376 e. The molecule has 0 saturated heterocycles. The van der Waals surface area contributed by atoms with Crippen molar-refractivity contribution in [3.05, 3.63) is 95.7 Å². The van der Waals surface area contributed by atoms with Gasteiger partial charge in [0, 0.05) is 49.3 Å². The van der Waals surface area contributed by atoms with Gasteiger partial charge in [-0.25, -0.2) is 0 Å². The number of aliphatic hydroxyl groups is 1. The van der Waals surface area contributed by atoms with Crippen molar-refractivity contribution in [2.75, 3.05) is 38.9 Å². The topological polar surface area (TPSA) is 106 Å². The molecule has 3 heterocycles. The summed E-state index contributed by atoms with van der Waals surface area (Å²) in [6.45, 7) is 11.9. The van der Waals surface area contributed by atoms with E-state index in [1.807, 2.05) is 44.3 Å². The molecule has 3 aliphatic heterocycles. The minimum Gasteiger partial charge on any atom is -0.556 e. The number of allylic oxidation sites excluding steroid dienone is 5. The lowest BCUT2D eigenvalue weighted by Crippen LogP contribution is -2.47. The summed E-state index contributed by atoms with van der Waals surface area (Å²) in [5, 5.41) is 11.5. The fourth-order valence-corrected chi connectivity index (χ4v) is 6.29. The van der Waals surface area contributed by atoms with Crippen LogP contribution < -0.4 is 23.8 Å².